The van der Waals surface area contributed by atoms with Crippen LogP contribution >= 0.6 is 0 Å². The van der Waals surface area contributed by atoms with Crippen LogP contribution in [0, 0.1) is 0 Å². The number of ether oxygens (including phenoxy) is 1. The van der Waals surface area contributed by atoms with Gasteiger partial charge in [0.15, 0.2) is 0 Å². The second-order valence-corrected chi connectivity index (χ2v) is 3.17. The topological polar surface area (TPSA) is 52.3 Å². The van der Waals surface area contributed by atoms with Crippen LogP contribution in [-0.4, -0.2) is 13.1 Å². The van der Waals surface area contributed by atoms with Crippen molar-refractivity contribution >= 4 is 12.2 Å². The number of benzene rings is 1. The highest BCUT2D eigenvalue weighted by molar-refractivity contribution is 5.39. The standard InChI is InChI=1S/C11H15NO2/c12-11-6-4-10(5-7-11)3-1-2-8-14-9-13/h4-7,9H,1-3,8,12H2. The Hall–Kier alpha value is -1.51. The Morgan fingerprint density at radius 2 is 1.93 bits per heavy atom. The highest BCUT2D eigenvalue weighted by Gasteiger charge is 1.93. The van der Waals surface area contributed by atoms with E-state index in [2.05, 4.69) is 4.74 Å². The van der Waals surface area contributed by atoms with Crippen LogP contribution in [0.5, 0.6) is 0 Å². The minimum Gasteiger partial charge on any atom is -0.468 e. The van der Waals surface area contributed by atoms with Gasteiger partial charge in [0, 0.05) is 5.69 Å². The largest absolute Gasteiger partial charge is 0.468 e. The zero-order valence-corrected chi connectivity index (χ0v) is 8.11. The van der Waals surface area contributed by atoms with Crippen molar-refractivity contribution in [2.24, 2.45) is 0 Å². The van der Waals surface area contributed by atoms with E-state index in [1.54, 1.807) is 0 Å². The molecule has 76 valence electrons. The summed E-state index contributed by atoms with van der Waals surface area (Å²) in [5, 5.41) is 0. The van der Waals surface area contributed by atoms with E-state index in [4.69, 9.17) is 5.73 Å². The molecule has 2 N–H and O–H groups in total. The molecule has 0 heterocycles. The summed E-state index contributed by atoms with van der Waals surface area (Å²) in [6.07, 6.45) is 2.93. The third-order valence-corrected chi connectivity index (χ3v) is 2.03. The quantitative estimate of drug-likeness (QED) is 0.425. The Kier molecular flexibility index (Phi) is 4.55. The monoisotopic (exact) mass is 193 g/mol. The number of hydrogen-bond donors (Lipinski definition) is 1. The molecule has 0 fully saturated rings. The van der Waals surface area contributed by atoms with Crippen molar-refractivity contribution in [1.82, 2.24) is 0 Å². The van der Waals surface area contributed by atoms with Crippen LogP contribution < -0.4 is 5.73 Å². The van der Waals surface area contributed by atoms with Gasteiger partial charge >= 0.3 is 0 Å². The summed E-state index contributed by atoms with van der Waals surface area (Å²) in [4.78, 5) is 9.84. The van der Waals surface area contributed by atoms with Crippen molar-refractivity contribution in [3.8, 4) is 0 Å². The summed E-state index contributed by atoms with van der Waals surface area (Å²) < 4.78 is 4.59. The lowest BCUT2D eigenvalue weighted by atomic mass is 10.1. The molecule has 1 aromatic rings. The Bertz CT molecular complexity index is 269. The molecule has 0 saturated carbocycles. The lowest BCUT2D eigenvalue weighted by Gasteiger charge is -2.01. The summed E-state index contributed by atoms with van der Waals surface area (Å²) in [6, 6.07) is 7.85. The molecular formula is C11H15NO2. The summed E-state index contributed by atoms with van der Waals surface area (Å²) in [5.41, 5.74) is 7.62. The molecule has 0 saturated heterocycles. The van der Waals surface area contributed by atoms with Crippen LogP contribution in [-0.2, 0) is 16.0 Å². The Morgan fingerprint density at radius 1 is 1.21 bits per heavy atom. The third-order valence-electron chi connectivity index (χ3n) is 2.03. The van der Waals surface area contributed by atoms with E-state index >= 15 is 0 Å². The molecule has 0 amide bonds. The van der Waals surface area contributed by atoms with E-state index in [1.165, 1.54) is 5.56 Å². The molecule has 0 radical (unpaired) electrons. The minimum atomic E-state index is 0.489. The number of carbonyl (C=O) groups is 1. The van der Waals surface area contributed by atoms with E-state index in [1.807, 2.05) is 24.3 Å². The number of anilines is 1. The number of unbranched alkanes of at least 4 members (excludes halogenated alkanes) is 1. The van der Waals surface area contributed by atoms with E-state index in [9.17, 15) is 4.79 Å². The zero-order chi connectivity index (χ0) is 10.2. The van der Waals surface area contributed by atoms with Gasteiger partial charge in [-0.25, -0.2) is 0 Å². The highest BCUT2D eigenvalue weighted by Crippen LogP contribution is 2.08. The van der Waals surface area contributed by atoms with Crippen LogP contribution in [0.2, 0.25) is 0 Å². The number of nitrogen functional groups attached to an aromatic ring is 1. The second-order valence-electron chi connectivity index (χ2n) is 3.17. The Balaban J connectivity index is 2.18. The molecule has 0 unspecified atom stereocenters. The number of carbonyl (C=O) groups excluding carboxylic acids is 1. The molecule has 0 aromatic heterocycles. The van der Waals surface area contributed by atoms with Gasteiger partial charge < -0.3 is 10.5 Å². The highest BCUT2D eigenvalue weighted by atomic mass is 16.5. The number of aryl methyl sites for hydroxylation is 1. The summed E-state index contributed by atoms with van der Waals surface area (Å²) >= 11 is 0. The van der Waals surface area contributed by atoms with Crippen LogP contribution in [0.15, 0.2) is 24.3 Å². The average molecular weight is 193 g/mol. The van der Waals surface area contributed by atoms with Crippen molar-refractivity contribution in [3.63, 3.8) is 0 Å². The fraction of sp³-hybridized carbons (Fsp3) is 0.364. The normalized spacial score (nSPS) is 9.71. The molecule has 0 aliphatic rings. The molecule has 1 rings (SSSR count). The maximum Gasteiger partial charge on any atom is 0.293 e. The van der Waals surface area contributed by atoms with Crippen LogP contribution in [0.1, 0.15) is 18.4 Å². The molecule has 0 aliphatic carbocycles. The fourth-order valence-electron chi connectivity index (χ4n) is 1.25. The van der Waals surface area contributed by atoms with Crippen molar-refractivity contribution in [2.75, 3.05) is 12.3 Å². The van der Waals surface area contributed by atoms with Gasteiger partial charge in [-0.15, -0.1) is 0 Å². The second kappa shape index (κ2) is 6.02. The molecule has 1 aromatic carbocycles. The minimum absolute atomic E-state index is 0.489. The average Bonchev–Trinajstić information content (AvgIpc) is 2.21. The predicted octanol–water partition coefficient (Wildman–Crippen LogP) is 1.76. The zero-order valence-electron chi connectivity index (χ0n) is 8.11. The smallest absolute Gasteiger partial charge is 0.293 e. The SMILES string of the molecule is Nc1ccc(CCCCOC=O)cc1. The number of rotatable bonds is 6. The first-order valence-electron chi connectivity index (χ1n) is 4.72. The molecule has 0 bridgehead atoms. The first-order chi connectivity index (χ1) is 6.83. The van der Waals surface area contributed by atoms with Gasteiger partial charge in [0.2, 0.25) is 0 Å². The lowest BCUT2D eigenvalue weighted by Crippen LogP contribution is -1.93. The van der Waals surface area contributed by atoms with Crippen molar-refractivity contribution in [1.29, 1.82) is 0 Å². The van der Waals surface area contributed by atoms with Crippen molar-refractivity contribution in [3.05, 3.63) is 29.8 Å². The van der Waals surface area contributed by atoms with Crippen molar-refractivity contribution in [2.45, 2.75) is 19.3 Å². The molecular weight excluding hydrogens is 178 g/mol. The maximum absolute atomic E-state index is 9.84. The fourth-order valence-corrected chi connectivity index (χ4v) is 1.25. The molecule has 0 atom stereocenters. The van der Waals surface area contributed by atoms with Gasteiger partial charge in [0.25, 0.3) is 6.47 Å². The van der Waals surface area contributed by atoms with Crippen molar-refractivity contribution < 1.29 is 9.53 Å². The number of hydrogen-bond acceptors (Lipinski definition) is 3. The van der Waals surface area contributed by atoms with Gasteiger partial charge in [0.1, 0.15) is 0 Å². The van der Waals surface area contributed by atoms with Crippen LogP contribution in [0.4, 0.5) is 5.69 Å². The Labute approximate surface area is 83.9 Å². The third kappa shape index (κ3) is 3.94. The predicted molar refractivity (Wildman–Crippen MR) is 55.8 cm³/mol. The van der Waals surface area contributed by atoms with Gasteiger partial charge in [-0.1, -0.05) is 12.1 Å². The van der Waals surface area contributed by atoms with E-state index < -0.39 is 0 Å². The number of nitrogens with two attached hydrogens (primary N) is 1. The molecule has 0 spiro atoms. The van der Waals surface area contributed by atoms with Gasteiger partial charge in [-0.2, -0.15) is 0 Å². The molecule has 3 nitrogen and oxygen atoms in total. The summed E-state index contributed by atoms with van der Waals surface area (Å²) in [6.45, 7) is 1.00. The molecule has 3 heteroatoms. The van der Waals surface area contributed by atoms with E-state index in [0.717, 1.165) is 24.9 Å². The van der Waals surface area contributed by atoms with E-state index in [0.29, 0.717) is 13.1 Å². The first-order valence-corrected chi connectivity index (χ1v) is 4.72. The molecule has 14 heavy (non-hydrogen) atoms. The first kappa shape index (κ1) is 10.6. The lowest BCUT2D eigenvalue weighted by molar-refractivity contribution is -0.128. The van der Waals surface area contributed by atoms with Gasteiger partial charge in [0.05, 0.1) is 6.61 Å². The van der Waals surface area contributed by atoms with Crippen LogP contribution in [0.3, 0.4) is 0 Å². The maximum atomic E-state index is 9.84. The van der Waals surface area contributed by atoms with Gasteiger partial charge in [-0.3, -0.25) is 4.79 Å². The van der Waals surface area contributed by atoms with Gasteiger partial charge in [-0.05, 0) is 37.0 Å². The van der Waals surface area contributed by atoms with E-state index in [-0.39, 0.29) is 0 Å². The summed E-state index contributed by atoms with van der Waals surface area (Å²) in [7, 11) is 0. The molecule has 0 aliphatic heterocycles. The Morgan fingerprint density at radius 3 is 2.57 bits per heavy atom. The summed E-state index contributed by atoms with van der Waals surface area (Å²) in [5.74, 6) is 0. The van der Waals surface area contributed by atoms with Crippen LogP contribution in [0.25, 0.3) is 0 Å².